The molecule has 1 fully saturated rings. The molecule has 1 aliphatic rings. The smallest absolute Gasteiger partial charge is 0.214 e. The molecule has 0 saturated heterocycles. The van der Waals surface area contributed by atoms with E-state index in [1.807, 2.05) is 6.07 Å². The molecule has 0 amide bonds. The molecule has 0 bridgehead atoms. The quantitative estimate of drug-likeness (QED) is 0.856. The lowest BCUT2D eigenvalue weighted by Gasteiger charge is -2.17. The van der Waals surface area contributed by atoms with Crippen molar-refractivity contribution in [2.45, 2.75) is 19.3 Å². The lowest BCUT2D eigenvalue weighted by Crippen LogP contribution is -2.23. The molecule has 0 aromatic carbocycles. The molecule has 0 spiro atoms. The van der Waals surface area contributed by atoms with Crippen LogP contribution in [-0.4, -0.2) is 18.1 Å². The molecule has 2 rings (SSSR count). The van der Waals surface area contributed by atoms with Crippen LogP contribution in [0.5, 0.6) is 5.88 Å². The molecule has 90 valence electrons. The summed E-state index contributed by atoms with van der Waals surface area (Å²) < 4.78 is 5.65. The molecule has 4 nitrogen and oxygen atoms in total. The predicted octanol–water partition coefficient (Wildman–Crippen LogP) is 1.71. The zero-order valence-electron chi connectivity index (χ0n) is 9.80. The Morgan fingerprint density at radius 1 is 1.41 bits per heavy atom. The van der Waals surface area contributed by atoms with Crippen molar-refractivity contribution in [1.82, 2.24) is 4.98 Å². The number of nitriles is 1. The molecular formula is C13H17N3O. The van der Waals surface area contributed by atoms with Crippen LogP contribution in [0, 0.1) is 23.2 Å². The number of hydrogen-bond acceptors (Lipinski definition) is 4. The van der Waals surface area contributed by atoms with Crippen molar-refractivity contribution in [2.24, 2.45) is 17.6 Å². The Morgan fingerprint density at radius 3 is 3.00 bits per heavy atom. The van der Waals surface area contributed by atoms with Gasteiger partial charge in [-0.05, 0) is 37.3 Å². The second kappa shape index (κ2) is 5.65. The highest BCUT2D eigenvalue weighted by molar-refractivity contribution is 5.24. The Balaban J connectivity index is 1.91. The lowest BCUT2D eigenvalue weighted by molar-refractivity contribution is 0.210. The topological polar surface area (TPSA) is 71.9 Å². The highest BCUT2D eigenvalue weighted by Crippen LogP contribution is 2.31. The van der Waals surface area contributed by atoms with E-state index < -0.39 is 0 Å². The number of aromatic nitrogens is 1. The lowest BCUT2D eigenvalue weighted by atomic mass is 9.97. The van der Waals surface area contributed by atoms with Crippen LogP contribution in [-0.2, 0) is 0 Å². The number of pyridine rings is 1. The van der Waals surface area contributed by atoms with Crippen LogP contribution in [0.4, 0.5) is 0 Å². The standard InChI is InChI=1S/C13H17N3O/c14-7-10-3-1-4-11(10)9-17-13-6-2-5-12(8-15)16-13/h2,5-6,10-11H,1,3-4,7,9,14H2. The second-order valence-corrected chi connectivity index (χ2v) is 4.47. The van der Waals surface area contributed by atoms with Gasteiger partial charge in [0.2, 0.25) is 5.88 Å². The molecule has 1 aromatic heterocycles. The molecule has 0 radical (unpaired) electrons. The molecule has 1 aliphatic carbocycles. The third-order valence-corrected chi connectivity index (χ3v) is 3.40. The maximum Gasteiger partial charge on any atom is 0.214 e. The molecule has 4 heteroatoms. The van der Waals surface area contributed by atoms with Gasteiger partial charge in [-0.3, -0.25) is 0 Å². The number of ether oxygens (including phenoxy) is 1. The van der Waals surface area contributed by atoms with Crippen LogP contribution in [0.25, 0.3) is 0 Å². The Bertz CT molecular complexity index is 413. The molecular weight excluding hydrogens is 214 g/mol. The molecule has 1 heterocycles. The average molecular weight is 231 g/mol. The van der Waals surface area contributed by atoms with Crippen molar-refractivity contribution in [3.8, 4) is 11.9 Å². The summed E-state index contributed by atoms with van der Waals surface area (Å²) in [6.45, 7) is 1.39. The van der Waals surface area contributed by atoms with E-state index in [-0.39, 0.29) is 0 Å². The zero-order valence-corrected chi connectivity index (χ0v) is 9.80. The van der Waals surface area contributed by atoms with E-state index in [9.17, 15) is 0 Å². The Hall–Kier alpha value is -1.60. The number of nitrogens with zero attached hydrogens (tertiary/aromatic N) is 2. The third-order valence-electron chi connectivity index (χ3n) is 3.40. The molecule has 2 atom stereocenters. The fourth-order valence-corrected chi connectivity index (χ4v) is 2.39. The second-order valence-electron chi connectivity index (χ2n) is 4.47. The van der Waals surface area contributed by atoms with Crippen molar-refractivity contribution in [3.05, 3.63) is 23.9 Å². The molecule has 0 aliphatic heterocycles. The van der Waals surface area contributed by atoms with Crippen LogP contribution in [0.3, 0.4) is 0 Å². The normalized spacial score (nSPS) is 23.3. The van der Waals surface area contributed by atoms with E-state index in [1.165, 1.54) is 19.3 Å². The largest absolute Gasteiger partial charge is 0.477 e. The molecule has 1 aromatic rings. The summed E-state index contributed by atoms with van der Waals surface area (Å²) in [5, 5.41) is 8.74. The molecule has 2 unspecified atom stereocenters. The van der Waals surface area contributed by atoms with E-state index in [0.717, 1.165) is 6.54 Å². The van der Waals surface area contributed by atoms with Gasteiger partial charge in [-0.2, -0.15) is 5.26 Å². The first-order chi connectivity index (χ1) is 8.33. The van der Waals surface area contributed by atoms with Gasteiger partial charge in [0.05, 0.1) is 6.61 Å². The van der Waals surface area contributed by atoms with Gasteiger partial charge in [0.25, 0.3) is 0 Å². The first-order valence-electron chi connectivity index (χ1n) is 6.03. The first kappa shape index (κ1) is 11.9. The Morgan fingerprint density at radius 2 is 2.24 bits per heavy atom. The summed E-state index contributed by atoms with van der Waals surface area (Å²) in [5.74, 6) is 1.65. The zero-order chi connectivity index (χ0) is 12.1. The summed E-state index contributed by atoms with van der Waals surface area (Å²) >= 11 is 0. The summed E-state index contributed by atoms with van der Waals surface area (Å²) in [6, 6.07) is 7.25. The molecule has 2 N–H and O–H groups in total. The van der Waals surface area contributed by atoms with E-state index in [4.69, 9.17) is 15.7 Å². The predicted molar refractivity (Wildman–Crippen MR) is 64.3 cm³/mol. The SMILES string of the molecule is N#Cc1cccc(OCC2CCCC2CN)n1. The van der Waals surface area contributed by atoms with Crippen molar-refractivity contribution >= 4 is 0 Å². The monoisotopic (exact) mass is 231 g/mol. The highest BCUT2D eigenvalue weighted by atomic mass is 16.5. The van der Waals surface area contributed by atoms with Crippen LogP contribution >= 0.6 is 0 Å². The van der Waals surface area contributed by atoms with Crippen molar-refractivity contribution in [1.29, 1.82) is 5.26 Å². The van der Waals surface area contributed by atoms with Gasteiger partial charge >= 0.3 is 0 Å². The van der Waals surface area contributed by atoms with Crippen LogP contribution in [0.1, 0.15) is 25.0 Å². The van der Waals surface area contributed by atoms with Crippen molar-refractivity contribution < 1.29 is 4.74 Å². The first-order valence-corrected chi connectivity index (χ1v) is 6.03. The van der Waals surface area contributed by atoms with Crippen LogP contribution < -0.4 is 10.5 Å². The summed E-state index contributed by atoms with van der Waals surface area (Å²) in [6.07, 6.45) is 3.62. The van der Waals surface area contributed by atoms with Gasteiger partial charge in [0.1, 0.15) is 11.8 Å². The minimum Gasteiger partial charge on any atom is -0.477 e. The van der Waals surface area contributed by atoms with Gasteiger partial charge in [-0.1, -0.05) is 12.5 Å². The molecule has 17 heavy (non-hydrogen) atoms. The summed E-state index contributed by atoms with van der Waals surface area (Å²) in [4.78, 5) is 4.09. The van der Waals surface area contributed by atoms with Gasteiger partial charge in [0, 0.05) is 6.07 Å². The van der Waals surface area contributed by atoms with E-state index in [2.05, 4.69) is 4.98 Å². The fourth-order valence-electron chi connectivity index (χ4n) is 2.39. The maximum atomic E-state index is 8.74. The van der Waals surface area contributed by atoms with E-state index in [1.54, 1.807) is 18.2 Å². The van der Waals surface area contributed by atoms with Crippen LogP contribution in [0.15, 0.2) is 18.2 Å². The fraction of sp³-hybridized carbons (Fsp3) is 0.538. The van der Waals surface area contributed by atoms with Gasteiger partial charge in [-0.25, -0.2) is 4.98 Å². The van der Waals surface area contributed by atoms with Crippen molar-refractivity contribution in [2.75, 3.05) is 13.2 Å². The third kappa shape index (κ3) is 2.95. The van der Waals surface area contributed by atoms with E-state index >= 15 is 0 Å². The maximum absolute atomic E-state index is 8.74. The molecule has 1 saturated carbocycles. The Labute approximate surface area is 101 Å². The summed E-state index contributed by atoms with van der Waals surface area (Å²) in [5.41, 5.74) is 6.12. The summed E-state index contributed by atoms with van der Waals surface area (Å²) in [7, 11) is 0. The van der Waals surface area contributed by atoms with Gasteiger partial charge in [-0.15, -0.1) is 0 Å². The van der Waals surface area contributed by atoms with Crippen molar-refractivity contribution in [3.63, 3.8) is 0 Å². The van der Waals surface area contributed by atoms with E-state index in [0.29, 0.717) is 30.0 Å². The highest BCUT2D eigenvalue weighted by Gasteiger charge is 2.26. The van der Waals surface area contributed by atoms with Crippen LogP contribution in [0.2, 0.25) is 0 Å². The minimum atomic E-state index is 0.393. The van der Waals surface area contributed by atoms with Gasteiger partial charge < -0.3 is 10.5 Å². The number of rotatable bonds is 4. The minimum absolute atomic E-state index is 0.393. The Kier molecular flexibility index (Phi) is 3.94. The average Bonchev–Trinajstić information content (AvgIpc) is 2.84. The van der Waals surface area contributed by atoms with Gasteiger partial charge in [0.15, 0.2) is 0 Å². The number of hydrogen-bond donors (Lipinski definition) is 1. The number of nitrogens with two attached hydrogens (primary N) is 1.